The SMILES string of the molecule is CC(C)n1cc([C@@]2(O)CCNC2)nn1. The summed E-state index contributed by atoms with van der Waals surface area (Å²) in [5.41, 5.74) is -0.135. The van der Waals surface area contributed by atoms with Gasteiger partial charge < -0.3 is 10.4 Å². The Labute approximate surface area is 83.1 Å². The van der Waals surface area contributed by atoms with E-state index in [0.29, 0.717) is 18.7 Å². The fraction of sp³-hybridized carbons (Fsp3) is 0.778. The second kappa shape index (κ2) is 3.33. The van der Waals surface area contributed by atoms with Crippen molar-refractivity contribution in [2.45, 2.75) is 31.9 Å². The van der Waals surface area contributed by atoms with Crippen LogP contribution in [-0.2, 0) is 5.60 Å². The Hall–Kier alpha value is -0.940. The van der Waals surface area contributed by atoms with Crippen LogP contribution in [0.25, 0.3) is 0 Å². The third-order valence-corrected chi connectivity index (χ3v) is 2.65. The van der Waals surface area contributed by atoms with E-state index in [1.54, 1.807) is 4.68 Å². The van der Waals surface area contributed by atoms with Crippen molar-refractivity contribution in [1.82, 2.24) is 20.3 Å². The summed E-state index contributed by atoms with van der Waals surface area (Å²) in [6, 6.07) is 0.286. The summed E-state index contributed by atoms with van der Waals surface area (Å²) in [5.74, 6) is 0. The Balaban J connectivity index is 2.23. The van der Waals surface area contributed by atoms with Gasteiger partial charge in [0, 0.05) is 12.6 Å². The Bertz CT molecular complexity index is 314. The van der Waals surface area contributed by atoms with Crippen molar-refractivity contribution in [1.29, 1.82) is 0 Å². The highest BCUT2D eigenvalue weighted by Crippen LogP contribution is 2.25. The molecule has 0 radical (unpaired) electrons. The van der Waals surface area contributed by atoms with Gasteiger partial charge in [0.25, 0.3) is 0 Å². The van der Waals surface area contributed by atoms with Gasteiger partial charge in [-0.25, -0.2) is 4.68 Å². The maximum Gasteiger partial charge on any atom is 0.123 e. The third-order valence-electron chi connectivity index (χ3n) is 2.65. The molecule has 0 aromatic carbocycles. The monoisotopic (exact) mass is 196 g/mol. The van der Waals surface area contributed by atoms with Gasteiger partial charge in [0.1, 0.15) is 11.3 Å². The molecule has 0 saturated carbocycles. The molecule has 0 spiro atoms. The second-order valence-corrected chi connectivity index (χ2v) is 4.14. The van der Waals surface area contributed by atoms with Gasteiger partial charge in [0.2, 0.25) is 0 Å². The number of hydrogen-bond acceptors (Lipinski definition) is 4. The molecule has 14 heavy (non-hydrogen) atoms. The Morgan fingerprint density at radius 1 is 1.64 bits per heavy atom. The van der Waals surface area contributed by atoms with Crippen LogP contribution in [0.4, 0.5) is 0 Å². The van der Waals surface area contributed by atoms with Gasteiger partial charge in [-0.1, -0.05) is 5.21 Å². The van der Waals surface area contributed by atoms with Gasteiger partial charge in [-0.15, -0.1) is 5.10 Å². The normalized spacial score (nSPS) is 27.4. The molecule has 2 N–H and O–H groups in total. The number of nitrogens with zero attached hydrogens (tertiary/aromatic N) is 3. The number of hydrogen-bond donors (Lipinski definition) is 2. The maximum absolute atomic E-state index is 10.2. The second-order valence-electron chi connectivity index (χ2n) is 4.14. The first-order chi connectivity index (χ1) is 6.62. The van der Waals surface area contributed by atoms with E-state index >= 15 is 0 Å². The summed E-state index contributed by atoms with van der Waals surface area (Å²) < 4.78 is 1.77. The van der Waals surface area contributed by atoms with Crippen molar-refractivity contribution >= 4 is 0 Å². The minimum absolute atomic E-state index is 0.286. The predicted molar refractivity (Wildman–Crippen MR) is 51.8 cm³/mol. The van der Waals surface area contributed by atoms with Crippen molar-refractivity contribution in [2.75, 3.05) is 13.1 Å². The van der Waals surface area contributed by atoms with E-state index in [9.17, 15) is 5.11 Å². The van der Waals surface area contributed by atoms with Crippen LogP contribution in [-0.4, -0.2) is 33.2 Å². The standard InChI is InChI=1S/C9H16N4O/c1-7(2)13-5-8(11-12-13)9(14)3-4-10-6-9/h5,7,10,14H,3-4,6H2,1-2H3/t9-/m1/s1. The van der Waals surface area contributed by atoms with E-state index < -0.39 is 5.60 Å². The molecule has 5 heteroatoms. The van der Waals surface area contributed by atoms with Gasteiger partial charge in [0.15, 0.2) is 0 Å². The quantitative estimate of drug-likeness (QED) is 0.701. The summed E-state index contributed by atoms with van der Waals surface area (Å²) in [6.07, 6.45) is 2.54. The molecule has 0 amide bonds. The minimum Gasteiger partial charge on any atom is -0.382 e. The molecule has 1 atom stereocenters. The van der Waals surface area contributed by atoms with Gasteiger partial charge in [-0.05, 0) is 26.8 Å². The van der Waals surface area contributed by atoms with E-state index in [2.05, 4.69) is 15.6 Å². The van der Waals surface area contributed by atoms with E-state index in [-0.39, 0.29) is 6.04 Å². The molecule has 2 rings (SSSR count). The zero-order chi connectivity index (χ0) is 10.2. The summed E-state index contributed by atoms with van der Waals surface area (Å²) in [7, 11) is 0. The zero-order valence-electron chi connectivity index (χ0n) is 8.56. The topological polar surface area (TPSA) is 63.0 Å². The molecule has 2 heterocycles. The highest BCUT2D eigenvalue weighted by Gasteiger charge is 2.35. The fourth-order valence-electron chi connectivity index (χ4n) is 1.64. The van der Waals surface area contributed by atoms with Crippen molar-refractivity contribution < 1.29 is 5.11 Å². The summed E-state index contributed by atoms with van der Waals surface area (Å²) >= 11 is 0. The number of aromatic nitrogens is 3. The summed E-state index contributed by atoms with van der Waals surface area (Å²) in [5, 5.41) is 21.3. The predicted octanol–water partition coefficient (Wildman–Crippen LogP) is 0.0399. The van der Waals surface area contributed by atoms with Crippen LogP contribution in [0.2, 0.25) is 0 Å². The first-order valence-electron chi connectivity index (χ1n) is 4.97. The van der Waals surface area contributed by atoms with Crippen LogP contribution in [0, 0.1) is 0 Å². The number of nitrogens with one attached hydrogen (secondary N) is 1. The molecule has 1 aromatic heterocycles. The Morgan fingerprint density at radius 3 is 2.93 bits per heavy atom. The average molecular weight is 196 g/mol. The van der Waals surface area contributed by atoms with Crippen molar-refractivity contribution in [3.8, 4) is 0 Å². The third kappa shape index (κ3) is 1.53. The van der Waals surface area contributed by atoms with Crippen LogP contribution >= 0.6 is 0 Å². The molecule has 78 valence electrons. The molecule has 0 aliphatic carbocycles. The van der Waals surface area contributed by atoms with Crippen LogP contribution in [0.5, 0.6) is 0 Å². The molecule has 1 saturated heterocycles. The lowest BCUT2D eigenvalue weighted by atomic mass is 10.00. The van der Waals surface area contributed by atoms with Gasteiger partial charge >= 0.3 is 0 Å². The number of rotatable bonds is 2. The molecular weight excluding hydrogens is 180 g/mol. The fourth-order valence-corrected chi connectivity index (χ4v) is 1.64. The molecule has 1 aromatic rings. The molecule has 1 fully saturated rings. The lowest BCUT2D eigenvalue weighted by Crippen LogP contribution is -2.28. The molecule has 1 aliphatic heterocycles. The first kappa shape index (κ1) is 9.61. The Morgan fingerprint density at radius 2 is 2.43 bits per heavy atom. The average Bonchev–Trinajstić information content (AvgIpc) is 2.71. The highest BCUT2D eigenvalue weighted by molar-refractivity contribution is 5.10. The minimum atomic E-state index is -0.812. The van der Waals surface area contributed by atoms with Crippen LogP contribution in [0.15, 0.2) is 6.20 Å². The summed E-state index contributed by atoms with van der Waals surface area (Å²) in [4.78, 5) is 0. The van der Waals surface area contributed by atoms with Crippen molar-refractivity contribution in [3.05, 3.63) is 11.9 Å². The van der Waals surface area contributed by atoms with E-state index in [1.807, 2.05) is 20.0 Å². The molecule has 0 unspecified atom stereocenters. The molecular formula is C9H16N4O. The zero-order valence-corrected chi connectivity index (χ0v) is 8.56. The number of β-amino-alcohol motifs (C(OH)–C–C–N with tert-alkyl or cyclic N) is 1. The van der Waals surface area contributed by atoms with Crippen LogP contribution < -0.4 is 5.32 Å². The molecule has 1 aliphatic rings. The Kier molecular flexibility index (Phi) is 2.28. The summed E-state index contributed by atoms with van der Waals surface area (Å²) in [6.45, 7) is 5.49. The highest BCUT2D eigenvalue weighted by atomic mass is 16.3. The van der Waals surface area contributed by atoms with E-state index in [0.717, 1.165) is 6.54 Å². The van der Waals surface area contributed by atoms with E-state index in [1.165, 1.54) is 0 Å². The lowest BCUT2D eigenvalue weighted by molar-refractivity contribution is 0.0540. The van der Waals surface area contributed by atoms with Crippen molar-refractivity contribution in [2.24, 2.45) is 0 Å². The van der Waals surface area contributed by atoms with Crippen LogP contribution in [0.3, 0.4) is 0 Å². The van der Waals surface area contributed by atoms with Gasteiger partial charge in [0.05, 0.1) is 6.20 Å². The molecule has 5 nitrogen and oxygen atoms in total. The molecule has 0 bridgehead atoms. The lowest BCUT2D eigenvalue weighted by Gasteiger charge is -2.17. The van der Waals surface area contributed by atoms with Crippen LogP contribution in [0.1, 0.15) is 32.0 Å². The van der Waals surface area contributed by atoms with Gasteiger partial charge in [-0.3, -0.25) is 0 Å². The van der Waals surface area contributed by atoms with Gasteiger partial charge in [-0.2, -0.15) is 0 Å². The maximum atomic E-state index is 10.2. The van der Waals surface area contributed by atoms with Crippen molar-refractivity contribution in [3.63, 3.8) is 0 Å². The number of aliphatic hydroxyl groups is 1. The first-order valence-corrected chi connectivity index (χ1v) is 4.97. The smallest absolute Gasteiger partial charge is 0.123 e. The largest absolute Gasteiger partial charge is 0.382 e. The van der Waals surface area contributed by atoms with E-state index in [4.69, 9.17) is 0 Å².